The fourth-order valence-electron chi connectivity index (χ4n) is 2.39. The van der Waals surface area contributed by atoms with E-state index >= 15 is 0 Å². The Hall–Kier alpha value is -2.55. The van der Waals surface area contributed by atoms with Gasteiger partial charge in [0, 0.05) is 5.56 Å². The smallest absolute Gasteiger partial charge is 0.419 e. The van der Waals surface area contributed by atoms with E-state index in [1.54, 1.807) is 18.2 Å². The van der Waals surface area contributed by atoms with Crippen LogP contribution in [0.1, 0.15) is 11.1 Å². The first-order chi connectivity index (χ1) is 11.8. The van der Waals surface area contributed by atoms with Crippen molar-refractivity contribution < 1.29 is 26.3 Å². The van der Waals surface area contributed by atoms with Crippen molar-refractivity contribution in [3.8, 4) is 5.75 Å². The SMILES string of the molecule is O=S1(=O)NC(=NCCOc2ccccc2C(F)(F)F)c2ccccc21. The summed E-state index contributed by atoms with van der Waals surface area (Å²) in [7, 11) is -3.64. The van der Waals surface area contributed by atoms with E-state index in [2.05, 4.69) is 9.71 Å². The van der Waals surface area contributed by atoms with Crippen LogP contribution in [0, 0.1) is 0 Å². The number of hydrogen-bond donors (Lipinski definition) is 1. The molecule has 0 unspecified atom stereocenters. The molecule has 0 aromatic heterocycles. The number of para-hydroxylation sites is 1. The molecule has 5 nitrogen and oxygen atoms in total. The minimum absolute atomic E-state index is 0.00161. The van der Waals surface area contributed by atoms with Crippen molar-refractivity contribution in [1.82, 2.24) is 4.72 Å². The lowest BCUT2D eigenvalue weighted by Gasteiger charge is -2.13. The number of nitrogens with one attached hydrogen (secondary N) is 1. The van der Waals surface area contributed by atoms with Crippen LogP contribution >= 0.6 is 0 Å². The topological polar surface area (TPSA) is 67.8 Å². The largest absolute Gasteiger partial charge is 0.491 e. The highest BCUT2D eigenvalue weighted by molar-refractivity contribution is 7.90. The second kappa shape index (κ2) is 6.40. The minimum Gasteiger partial charge on any atom is -0.491 e. The van der Waals surface area contributed by atoms with E-state index in [4.69, 9.17) is 4.74 Å². The van der Waals surface area contributed by atoms with Crippen LogP contribution in [-0.4, -0.2) is 27.4 Å². The van der Waals surface area contributed by atoms with Gasteiger partial charge in [0.05, 0.1) is 17.0 Å². The predicted molar refractivity (Wildman–Crippen MR) is 85.1 cm³/mol. The van der Waals surface area contributed by atoms with Gasteiger partial charge in [-0.1, -0.05) is 24.3 Å². The van der Waals surface area contributed by atoms with Crippen LogP contribution in [0.4, 0.5) is 13.2 Å². The molecule has 1 aliphatic rings. The molecule has 0 bridgehead atoms. The Morgan fingerprint density at radius 3 is 2.48 bits per heavy atom. The van der Waals surface area contributed by atoms with Crippen molar-refractivity contribution in [2.24, 2.45) is 4.99 Å². The van der Waals surface area contributed by atoms with Crippen molar-refractivity contribution >= 4 is 15.9 Å². The van der Waals surface area contributed by atoms with E-state index in [0.29, 0.717) is 5.56 Å². The second-order valence-corrected chi connectivity index (χ2v) is 6.83. The van der Waals surface area contributed by atoms with Gasteiger partial charge >= 0.3 is 6.18 Å². The number of nitrogens with zero attached hydrogens (tertiary/aromatic N) is 1. The summed E-state index contributed by atoms with van der Waals surface area (Å²) < 4.78 is 69.9. The van der Waals surface area contributed by atoms with Crippen LogP contribution in [0.2, 0.25) is 0 Å². The zero-order valence-electron chi connectivity index (χ0n) is 12.7. The van der Waals surface area contributed by atoms with Crippen LogP contribution in [0.3, 0.4) is 0 Å². The number of ether oxygens (including phenoxy) is 1. The van der Waals surface area contributed by atoms with Gasteiger partial charge in [-0.05, 0) is 24.3 Å². The molecule has 132 valence electrons. The van der Waals surface area contributed by atoms with Crippen LogP contribution in [-0.2, 0) is 16.2 Å². The zero-order chi connectivity index (χ0) is 18.1. The third-order valence-electron chi connectivity index (χ3n) is 3.47. The van der Waals surface area contributed by atoms with Crippen molar-refractivity contribution in [3.05, 3.63) is 59.7 Å². The van der Waals surface area contributed by atoms with E-state index in [1.165, 1.54) is 24.3 Å². The maximum atomic E-state index is 12.9. The lowest BCUT2D eigenvalue weighted by atomic mass is 10.2. The van der Waals surface area contributed by atoms with E-state index < -0.39 is 21.8 Å². The number of rotatable bonds is 4. The number of benzene rings is 2. The van der Waals surface area contributed by atoms with Gasteiger partial charge in [0.25, 0.3) is 10.0 Å². The van der Waals surface area contributed by atoms with Gasteiger partial charge in [0.15, 0.2) is 0 Å². The van der Waals surface area contributed by atoms with Crippen LogP contribution in [0.25, 0.3) is 0 Å². The molecule has 0 radical (unpaired) electrons. The molecular formula is C16H13F3N2O3S. The van der Waals surface area contributed by atoms with E-state index in [9.17, 15) is 21.6 Å². The molecule has 0 amide bonds. The summed E-state index contributed by atoms with van der Waals surface area (Å²) in [4.78, 5) is 4.21. The fourth-order valence-corrected chi connectivity index (χ4v) is 3.64. The quantitative estimate of drug-likeness (QED) is 0.842. The number of halogens is 3. The van der Waals surface area contributed by atoms with Gasteiger partial charge in [-0.2, -0.15) is 13.2 Å². The van der Waals surface area contributed by atoms with Crippen molar-refractivity contribution in [1.29, 1.82) is 0 Å². The van der Waals surface area contributed by atoms with Crippen molar-refractivity contribution in [2.75, 3.05) is 13.2 Å². The first-order valence-corrected chi connectivity index (χ1v) is 8.73. The number of sulfonamides is 1. The number of amidine groups is 1. The molecule has 0 aliphatic carbocycles. The Morgan fingerprint density at radius 1 is 1.04 bits per heavy atom. The highest BCUT2D eigenvalue weighted by Crippen LogP contribution is 2.35. The molecule has 0 fully saturated rings. The van der Waals surface area contributed by atoms with Gasteiger partial charge in [0.1, 0.15) is 18.2 Å². The molecule has 1 N–H and O–H groups in total. The zero-order valence-corrected chi connectivity index (χ0v) is 13.6. The van der Waals surface area contributed by atoms with Gasteiger partial charge in [-0.3, -0.25) is 9.71 Å². The Balaban J connectivity index is 1.70. The molecule has 1 heterocycles. The van der Waals surface area contributed by atoms with E-state index in [0.717, 1.165) is 6.07 Å². The van der Waals surface area contributed by atoms with E-state index in [-0.39, 0.29) is 29.6 Å². The second-order valence-electron chi connectivity index (χ2n) is 5.17. The average Bonchev–Trinajstić information content (AvgIpc) is 2.82. The summed E-state index contributed by atoms with van der Waals surface area (Å²) >= 11 is 0. The highest BCUT2D eigenvalue weighted by Gasteiger charge is 2.34. The average molecular weight is 370 g/mol. The molecule has 1 aliphatic heterocycles. The monoisotopic (exact) mass is 370 g/mol. The maximum Gasteiger partial charge on any atom is 0.419 e. The van der Waals surface area contributed by atoms with Crippen LogP contribution < -0.4 is 9.46 Å². The summed E-state index contributed by atoms with van der Waals surface area (Å²) in [6.07, 6.45) is -4.51. The third kappa shape index (κ3) is 3.60. The molecule has 2 aromatic rings. The molecule has 0 saturated heterocycles. The summed E-state index contributed by atoms with van der Waals surface area (Å²) in [5.41, 5.74) is -0.437. The lowest BCUT2D eigenvalue weighted by molar-refractivity contribution is -0.138. The number of alkyl halides is 3. The Bertz CT molecular complexity index is 924. The van der Waals surface area contributed by atoms with Crippen molar-refractivity contribution in [2.45, 2.75) is 11.1 Å². The highest BCUT2D eigenvalue weighted by atomic mass is 32.2. The Kier molecular flexibility index (Phi) is 4.42. The molecule has 0 saturated carbocycles. The first kappa shape index (κ1) is 17.3. The molecule has 2 aromatic carbocycles. The van der Waals surface area contributed by atoms with Gasteiger partial charge < -0.3 is 4.74 Å². The third-order valence-corrected chi connectivity index (χ3v) is 4.87. The number of aliphatic imine (C=N–C) groups is 1. The minimum atomic E-state index is -4.51. The normalized spacial score (nSPS) is 17.2. The van der Waals surface area contributed by atoms with E-state index in [1.807, 2.05) is 0 Å². The van der Waals surface area contributed by atoms with Gasteiger partial charge in [-0.25, -0.2) is 8.42 Å². The lowest BCUT2D eigenvalue weighted by Crippen LogP contribution is -2.23. The first-order valence-electron chi connectivity index (χ1n) is 7.25. The Labute approximate surface area is 142 Å². The molecule has 0 spiro atoms. The molecule has 3 rings (SSSR count). The molecule has 9 heteroatoms. The van der Waals surface area contributed by atoms with Crippen LogP contribution in [0.15, 0.2) is 58.4 Å². The fraction of sp³-hybridized carbons (Fsp3) is 0.188. The number of fused-ring (bicyclic) bond motifs is 1. The summed E-state index contributed by atoms with van der Waals surface area (Å²) in [6.45, 7) is -0.126. The summed E-state index contributed by atoms with van der Waals surface area (Å²) in [5.74, 6) is -0.133. The predicted octanol–water partition coefficient (Wildman–Crippen LogP) is 2.82. The maximum absolute atomic E-state index is 12.9. The van der Waals surface area contributed by atoms with Gasteiger partial charge in [0.2, 0.25) is 0 Å². The molecular weight excluding hydrogens is 357 g/mol. The molecule has 25 heavy (non-hydrogen) atoms. The summed E-state index contributed by atoms with van der Waals surface area (Å²) in [6, 6.07) is 11.2. The molecule has 0 atom stereocenters. The van der Waals surface area contributed by atoms with Crippen molar-refractivity contribution in [3.63, 3.8) is 0 Å². The van der Waals surface area contributed by atoms with Gasteiger partial charge in [-0.15, -0.1) is 0 Å². The van der Waals surface area contributed by atoms with Crippen LogP contribution in [0.5, 0.6) is 5.75 Å². The standard InChI is InChI=1S/C16H13F3N2O3S/c17-16(18,19)12-6-2-3-7-13(12)24-10-9-20-15-11-5-1-4-8-14(11)25(22,23)21-15/h1-8H,9-10H2,(H,20,21). The summed E-state index contributed by atoms with van der Waals surface area (Å²) in [5, 5.41) is 0. The Morgan fingerprint density at radius 2 is 1.72 bits per heavy atom. The number of hydrogen-bond acceptors (Lipinski definition) is 4.